The van der Waals surface area contributed by atoms with E-state index in [0.717, 1.165) is 11.0 Å². The van der Waals surface area contributed by atoms with E-state index < -0.39 is 16.8 Å². The van der Waals surface area contributed by atoms with Gasteiger partial charge in [0.1, 0.15) is 12.3 Å². The number of hydrogen-bond donors (Lipinski definition) is 2. The summed E-state index contributed by atoms with van der Waals surface area (Å²) in [7, 11) is 0. The Labute approximate surface area is 142 Å². The molecule has 0 atom stereocenters. The second-order valence-electron chi connectivity index (χ2n) is 4.12. The lowest BCUT2D eigenvalue weighted by atomic mass is 10.2. The quantitative estimate of drug-likeness (QED) is 0.441. The van der Waals surface area contributed by atoms with Gasteiger partial charge in [0.15, 0.2) is 0 Å². The molecule has 0 unspecified atom stereocenters. The molecule has 0 spiro atoms. The Morgan fingerprint density at radius 2 is 2.35 bits per heavy atom. The van der Waals surface area contributed by atoms with Gasteiger partial charge in [-0.15, -0.1) is 0 Å². The van der Waals surface area contributed by atoms with Gasteiger partial charge in [-0.3, -0.25) is 4.79 Å². The zero-order valence-corrected chi connectivity index (χ0v) is 13.5. The van der Waals surface area contributed by atoms with E-state index in [2.05, 4.69) is 36.5 Å². The Morgan fingerprint density at radius 3 is 3.00 bits per heavy atom. The number of benzene rings is 1. The first-order valence-corrected chi connectivity index (χ1v) is 7.07. The third kappa shape index (κ3) is 4.47. The molecule has 0 fully saturated rings. The van der Waals surface area contributed by atoms with Crippen LogP contribution < -0.4 is 5.43 Å². The fourth-order valence-electron chi connectivity index (χ4n) is 1.49. The highest BCUT2D eigenvalue weighted by molar-refractivity contribution is 9.10. The smallest absolute Gasteiger partial charge is 0.490 e. The Balaban J connectivity index is 1.97. The number of carbonyl (C=O) groups excluding carboxylic acids is 1. The molecule has 120 valence electrons. The van der Waals surface area contributed by atoms with Crippen LogP contribution in [0.1, 0.15) is 5.56 Å². The zero-order chi connectivity index (χ0) is 17.0. The summed E-state index contributed by atoms with van der Waals surface area (Å²) in [6.07, 6.45) is 2.26. The maximum atomic E-state index is 11.6. The van der Waals surface area contributed by atoms with Gasteiger partial charge in [0.05, 0.1) is 10.7 Å². The molecular formula is C11H8BrClN6O4. The van der Waals surface area contributed by atoms with E-state index in [0.29, 0.717) is 15.1 Å². The van der Waals surface area contributed by atoms with E-state index in [1.165, 1.54) is 18.3 Å². The van der Waals surface area contributed by atoms with E-state index in [4.69, 9.17) is 11.6 Å². The van der Waals surface area contributed by atoms with Crippen molar-refractivity contribution in [1.29, 1.82) is 0 Å². The third-order valence-corrected chi connectivity index (χ3v) is 3.27. The number of hydrazone groups is 1. The second-order valence-corrected chi connectivity index (χ2v) is 5.41. The van der Waals surface area contributed by atoms with E-state index >= 15 is 0 Å². The average molecular weight is 404 g/mol. The zero-order valence-electron chi connectivity index (χ0n) is 11.2. The van der Waals surface area contributed by atoms with Crippen LogP contribution in [0.4, 0.5) is 5.95 Å². The summed E-state index contributed by atoms with van der Waals surface area (Å²) in [5.74, 6) is -1.27. The van der Waals surface area contributed by atoms with Gasteiger partial charge < -0.3 is 15.2 Å². The molecule has 2 N–H and O–H groups in total. The molecule has 10 nitrogen and oxygen atoms in total. The first-order chi connectivity index (χ1) is 10.9. The molecule has 1 heterocycles. The van der Waals surface area contributed by atoms with Crippen LogP contribution in [0.5, 0.6) is 5.75 Å². The lowest BCUT2D eigenvalue weighted by molar-refractivity contribution is -0.394. The fraction of sp³-hybridized carbons (Fsp3) is 0.0909. The number of amides is 1. The van der Waals surface area contributed by atoms with E-state index in [9.17, 15) is 20.0 Å². The molecule has 1 aromatic carbocycles. The minimum Gasteiger partial charge on any atom is -0.506 e. The van der Waals surface area contributed by atoms with Crippen molar-refractivity contribution in [3.05, 3.63) is 43.6 Å². The predicted molar refractivity (Wildman–Crippen MR) is 83.2 cm³/mol. The normalized spacial score (nSPS) is 10.9. The highest BCUT2D eigenvalue weighted by Crippen LogP contribution is 2.30. The van der Waals surface area contributed by atoms with Gasteiger partial charge in [0.2, 0.25) is 6.33 Å². The van der Waals surface area contributed by atoms with Crippen LogP contribution in [0.3, 0.4) is 0 Å². The molecule has 23 heavy (non-hydrogen) atoms. The SMILES string of the molecule is O=C(Cn1cnc([N+](=O)[O-])n1)N/N=C/c1cc(Cl)cc(Br)c1O. The van der Waals surface area contributed by atoms with Gasteiger partial charge in [-0.2, -0.15) is 9.78 Å². The highest BCUT2D eigenvalue weighted by Gasteiger charge is 2.14. The average Bonchev–Trinajstić information content (AvgIpc) is 2.92. The standard InChI is InChI=1S/C11H8BrClN6O4/c12-8-2-7(13)1-6(10(8)21)3-15-16-9(20)4-18-5-14-11(17-18)19(22)23/h1-3,5,21H,4H2,(H,16,20)/b15-3+. The highest BCUT2D eigenvalue weighted by atomic mass is 79.9. The first-order valence-electron chi connectivity index (χ1n) is 5.90. The molecule has 0 radical (unpaired) electrons. The summed E-state index contributed by atoms with van der Waals surface area (Å²) in [5.41, 5.74) is 2.48. The molecular weight excluding hydrogens is 396 g/mol. The molecule has 0 saturated heterocycles. The van der Waals surface area contributed by atoms with Crippen molar-refractivity contribution >= 4 is 45.6 Å². The van der Waals surface area contributed by atoms with Crippen molar-refractivity contribution in [3.8, 4) is 5.75 Å². The Kier molecular flexibility index (Phi) is 5.24. The summed E-state index contributed by atoms with van der Waals surface area (Å²) in [6, 6.07) is 2.96. The van der Waals surface area contributed by atoms with Gasteiger partial charge in [-0.25, -0.2) is 5.43 Å². The molecule has 0 aliphatic carbocycles. The van der Waals surface area contributed by atoms with Gasteiger partial charge >= 0.3 is 5.95 Å². The van der Waals surface area contributed by atoms with E-state index in [-0.39, 0.29) is 12.3 Å². The van der Waals surface area contributed by atoms with E-state index in [1.807, 2.05) is 0 Å². The van der Waals surface area contributed by atoms with Crippen LogP contribution >= 0.6 is 27.5 Å². The number of aromatic nitrogens is 3. The summed E-state index contributed by atoms with van der Waals surface area (Å²) in [6.45, 7) is -0.302. The van der Waals surface area contributed by atoms with Crippen molar-refractivity contribution in [2.45, 2.75) is 6.54 Å². The van der Waals surface area contributed by atoms with Gasteiger partial charge in [-0.05, 0) is 33.0 Å². The summed E-state index contributed by atoms with van der Waals surface area (Å²) >= 11 is 8.95. The van der Waals surface area contributed by atoms with Gasteiger partial charge in [-0.1, -0.05) is 16.6 Å². The number of carbonyl (C=O) groups is 1. The number of halogens is 2. The Morgan fingerprint density at radius 1 is 1.61 bits per heavy atom. The fourth-order valence-corrected chi connectivity index (χ4v) is 2.32. The summed E-state index contributed by atoms with van der Waals surface area (Å²) in [4.78, 5) is 24.7. The van der Waals surface area contributed by atoms with Crippen LogP contribution in [0.25, 0.3) is 0 Å². The molecule has 0 aliphatic rings. The van der Waals surface area contributed by atoms with Crippen LogP contribution in [-0.4, -0.2) is 36.9 Å². The monoisotopic (exact) mass is 402 g/mol. The molecule has 0 aliphatic heterocycles. The first kappa shape index (κ1) is 16.8. The van der Waals surface area contributed by atoms with Crippen molar-refractivity contribution in [2.24, 2.45) is 5.10 Å². The minimum absolute atomic E-state index is 0.0840. The van der Waals surface area contributed by atoms with Crippen LogP contribution in [-0.2, 0) is 11.3 Å². The van der Waals surface area contributed by atoms with Gasteiger partial charge in [0, 0.05) is 15.7 Å². The minimum atomic E-state index is -0.771. The summed E-state index contributed by atoms with van der Waals surface area (Å²) in [5, 5.41) is 27.7. The summed E-state index contributed by atoms with van der Waals surface area (Å²) < 4.78 is 1.38. The van der Waals surface area contributed by atoms with Crippen LogP contribution in [0.2, 0.25) is 5.02 Å². The molecule has 12 heteroatoms. The van der Waals surface area contributed by atoms with Crippen LogP contribution in [0.15, 0.2) is 28.0 Å². The largest absolute Gasteiger partial charge is 0.506 e. The number of nitrogens with one attached hydrogen (secondary N) is 1. The van der Waals surface area contributed by atoms with E-state index in [1.54, 1.807) is 0 Å². The number of phenolic OH excluding ortho intramolecular Hbond substituents is 1. The maximum absolute atomic E-state index is 11.6. The Hall–Kier alpha value is -2.53. The molecule has 2 aromatic rings. The number of nitrogens with zero attached hydrogens (tertiary/aromatic N) is 5. The number of hydrogen-bond acceptors (Lipinski definition) is 7. The van der Waals surface area contributed by atoms with Crippen LogP contribution in [0, 0.1) is 10.1 Å². The molecule has 0 bridgehead atoms. The number of rotatable bonds is 5. The third-order valence-electron chi connectivity index (χ3n) is 2.44. The van der Waals surface area contributed by atoms with Crippen molar-refractivity contribution in [2.75, 3.05) is 0 Å². The predicted octanol–water partition coefficient (Wildman–Crippen LogP) is 1.46. The number of phenols is 1. The van der Waals surface area contributed by atoms with Crippen molar-refractivity contribution in [3.63, 3.8) is 0 Å². The lowest BCUT2D eigenvalue weighted by Gasteiger charge is -2.02. The molecule has 1 amide bonds. The number of aromatic hydroxyl groups is 1. The second kappa shape index (κ2) is 7.15. The molecule has 2 rings (SSSR count). The maximum Gasteiger partial charge on any atom is 0.490 e. The van der Waals surface area contributed by atoms with Gasteiger partial charge in [0.25, 0.3) is 5.91 Å². The molecule has 1 aromatic heterocycles. The molecule has 0 saturated carbocycles. The Bertz CT molecular complexity index is 793. The van der Waals surface area contributed by atoms with Crippen molar-refractivity contribution < 1.29 is 14.8 Å². The lowest BCUT2D eigenvalue weighted by Crippen LogP contribution is -2.23. The topological polar surface area (TPSA) is 136 Å². The van der Waals surface area contributed by atoms with Crippen molar-refractivity contribution in [1.82, 2.24) is 20.2 Å². The number of nitro groups is 1.